The van der Waals surface area contributed by atoms with Crippen LogP contribution in [0.3, 0.4) is 0 Å². The van der Waals surface area contributed by atoms with Crippen molar-refractivity contribution in [3.8, 4) is 6.07 Å². The Bertz CT molecular complexity index is 491. The molecule has 1 saturated heterocycles. The van der Waals surface area contributed by atoms with E-state index >= 15 is 0 Å². The van der Waals surface area contributed by atoms with E-state index in [4.69, 9.17) is 5.73 Å². The lowest BCUT2D eigenvalue weighted by molar-refractivity contribution is 0.360. The van der Waals surface area contributed by atoms with E-state index in [-0.39, 0.29) is 0 Å². The zero-order valence-electron chi connectivity index (χ0n) is 10.5. The number of nitrogens with two attached hydrogens (primary N) is 1. The minimum absolute atomic E-state index is 0.565. The van der Waals surface area contributed by atoms with Crippen molar-refractivity contribution < 1.29 is 0 Å². The fourth-order valence-electron chi connectivity index (χ4n) is 3.50. The SMILES string of the molecule is N#Cc1cc(N)cnc1N1CCCC2CCCC21. The molecule has 0 aromatic carbocycles. The second-order valence-corrected chi connectivity index (χ2v) is 5.35. The Labute approximate surface area is 107 Å². The highest BCUT2D eigenvalue weighted by Crippen LogP contribution is 2.39. The lowest BCUT2D eigenvalue weighted by atomic mass is 9.91. The minimum Gasteiger partial charge on any atom is -0.397 e. The third kappa shape index (κ3) is 1.80. The van der Waals surface area contributed by atoms with E-state index in [1.54, 1.807) is 12.3 Å². The van der Waals surface area contributed by atoms with Crippen LogP contribution in [0.4, 0.5) is 11.5 Å². The highest BCUT2D eigenvalue weighted by molar-refractivity contribution is 5.59. The van der Waals surface area contributed by atoms with Gasteiger partial charge in [0.15, 0.2) is 0 Å². The molecule has 1 aromatic heterocycles. The van der Waals surface area contributed by atoms with Gasteiger partial charge in [0, 0.05) is 12.6 Å². The van der Waals surface area contributed by atoms with Crippen LogP contribution in [0.2, 0.25) is 0 Å². The molecule has 94 valence electrons. The molecule has 3 rings (SSSR count). The smallest absolute Gasteiger partial charge is 0.146 e. The van der Waals surface area contributed by atoms with E-state index < -0.39 is 0 Å². The molecule has 0 spiro atoms. The second kappa shape index (κ2) is 4.49. The van der Waals surface area contributed by atoms with Crippen LogP contribution in [-0.2, 0) is 0 Å². The molecule has 4 heteroatoms. The van der Waals surface area contributed by atoms with Crippen molar-refractivity contribution in [3.63, 3.8) is 0 Å². The molecule has 0 bridgehead atoms. The largest absolute Gasteiger partial charge is 0.397 e. The predicted octanol–water partition coefficient (Wildman–Crippen LogP) is 2.30. The van der Waals surface area contributed by atoms with Gasteiger partial charge in [0.1, 0.15) is 11.9 Å². The van der Waals surface area contributed by atoms with Gasteiger partial charge in [0.25, 0.3) is 0 Å². The van der Waals surface area contributed by atoms with Crippen molar-refractivity contribution >= 4 is 11.5 Å². The third-order valence-electron chi connectivity index (χ3n) is 4.27. The Hall–Kier alpha value is -1.76. The van der Waals surface area contributed by atoms with Gasteiger partial charge in [-0.25, -0.2) is 4.98 Å². The summed E-state index contributed by atoms with van der Waals surface area (Å²) < 4.78 is 0. The molecule has 1 saturated carbocycles. The maximum absolute atomic E-state index is 9.24. The zero-order chi connectivity index (χ0) is 12.5. The fraction of sp³-hybridized carbons (Fsp3) is 0.571. The lowest BCUT2D eigenvalue weighted by Gasteiger charge is -2.39. The van der Waals surface area contributed by atoms with E-state index in [1.165, 1.54) is 32.1 Å². The predicted molar refractivity (Wildman–Crippen MR) is 71.1 cm³/mol. The molecule has 1 aromatic rings. The van der Waals surface area contributed by atoms with Crippen LogP contribution in [0, 0.1) is 17.2 Å². The summed E-state index contributed by atoms with van der Waals surface area (Å²) >= 11 is 0. The van der Waals surface area contributed by atoms with Crippen molar-refractivity contribution in [2.75, 3.05) is 17.2 Å². The van der Waals surface area contributed by atoms with Crippen molar-refractivity contribution in [3.05, 3.63) is 17.8 Å². The van der Waals surface area contributed by atoms with Crippen molar-refractivity contribution in [1.82, 2.24) is 4.98 Å². The van der Waals surface area contributed by atoms with Crippen LogP contribution in [0.25, 0.3) is 0 Å². The first-order valence-corrected chi connectivity index (χ1v) is 6.72. The summed E-state index contributed by atoms with van der Waals surface area (Å²) in [6, 6.07) is 4.55. The standard InChI is InChI=1S/C14H18N4/c15-8-11-7-12(16)9-17-14(11)18-6-2-4-10-3-1-5-13(10)18/h7,9-10,13H,1-6,16H2. The van der Waals surface area contributed by atoms with E-state index in [9.17, 15) is 5.26 Å². The Kier molecular flexibility index (Phi) is 2.83. The first-order valence-electron chi connectivity index (χ1n) is 6.72. The van der Waals surface area contributed by atoms with Gasteiger partial charge in [-0.2, -0.15) is 5.26 Å². The Morgan fingerprint density at radius 3 is 3.00 bits per heavy atom. The van der Waals surface area contributed by atoms with E-state index in [0.29, 0.717) is 17.3 Å². The van der Waals surface area contributed by atoms with Crippen LogP contribution in [-0.4, -0.2) is 17.6 Å². The molecule has 2 N–H and O–H groups in total. The Morgan fingerprint density at radius 2 is 2.17 bits per heavy atom. The molecule has 1 aliphatic carbocycles. The van der Waals surface area contributed by atoms with Crippen LogP contribution < -0.4 is 10.6 Å². The van der Waals surface area contributed by atoms with Crippen molar-refractivity contribution in [2.45, 2.75) is 38.1 Å². The summed E-state index contributed by atoms with van der Waals surface area (Å²) in [6.45, 7) is 1.02. The molecule has 1 aliphatic heterocycles. The summed E-state index contributed by atoms with van der Waals surface area (Å²) in [5.74, 6) is 1.63. The van der Waals surface area contributed by atoms with Gasteiger partial charge < -0.3 is 10.6 Å². The van der Waals surface area contributed by atoms with Crippen LogP contribution in [0.15, 0.2) is 12.3 Å². The molecule has 0 amide bonds. The number of nitrogens with zero attached hydrogens (tertiary/aromatic N) is 3. The first-order chi connectivity index (χ1) is 8.79. The minimum atomic E-state index is 0.565. The monoisotopic (exact) mass is 242 g/mol. The molecule has 2 heterocycles. The molecule has 0 radical (unpaired) electrons. The summed E-state index contributed by atoms with van der Waals surface area (Å²) in [5, 5.41) is 9.24. The normalized spacial score (nSPS) is 26.7. The molecule has 2 atom stereocenters. The summed E-state index contributed by atoms with van der Waals surface area (Å²) in [6.07, 6.45) is 8.08. The quantitative estimate of drug-likeness (QED) is 0.820. The summed E-state index contributed by atoms with van der Waals surface area (Å²) in [5.41, 5.74) is 6.89. The molecular formula is C14H18N4. The number of hydrogen-bond acceptors (Lipinski definition) is 4. The second-order valence-electron chi connectivity index (χ2n) is 5.35. The summed E-state index contributed by atoms with van der Waals surface area (Å²) in [4.78, 5) is 6.76. The number of nitrogen functional groups attached to an aromatic ring is 1. The molecule has 4 nitrogen and oxygen atoms in total. The lowest BCUT2D eigenvalue weighted by Crippen LogP contribution is -2.43. The number of pyridine rings is 1. The number of rotatable bonds is 1. The third-order valence-corrected chi connectivity index (χ3v) is 4.27. The number of hydrogen-bond donors (Lipinski definition) is 1. The molecule has 18 heavy (non-hydrogen) atoms. The number of anilines is 2. The van der Waals surface area contributed by atoms with Gasteiger partial charge in [-0.1, -0.05) is 6.42 Å². The highest BCUT2D eigenvalue weighted by atomic mass is 15.2. The number of fused-ring (bicyclic) bond motifs is 1. The van der Waals surface area contributed by atoms with Gasteiger partial charge in [-0.05, 0) is 37.7 Å². The van der Waals surface area contributed by atoms with E-state index in [1.807, 2.05) is 0 Å². The van der Waals surface area contributed by atoms with Crippen LogP contribution >= 0.6 is 0 Å². The Balaban J connectivity index is 1.96. The Morgan fingerprint density at radius 1 is 1.33 bits per heavy atom. The maximum atomic E-state index is 9.24. The van der Waals surface area contributed by atoms with Crippen LogP contribution in [0.1, 0.15) is 37.7 Å². The topological polar surface area (TPSA) is 65.9 Å². The zero-order valence-corrected chi connectivity index (χ0v) is 10.5. The number of aromatic nitrogens is 1. The van der Waals surface area contributed by atoms with Gasteiger partial charge in [-0.3, -0.25) is 0 Å². The van der Waals surface area contributed by atoms with Gasteiger partial charge in [0.2, 0.25) is 0 Å². The highest BCUT2D eigenvalue weighted by Gasteiger charge is 2.36. The van der Waals surface area contributed by atoms with Crippen LogP contribution in [0.5, 0.6) is 0 Å². The van der Waals surface area contributed by atoms with Crippen molar-refractivity contribution in [2.24, 2.45) is 5.92 Å². The summed E-state index contributed by atoms with van der Waals surface area (Å²) in [7, 11) is 0. The van der Waals surface area contributed by atoms with Gasteiger partial charge in [-0.15, -0.1) is 0 Å². The van der Waals surface area contributed by atoms with Gasteiger partial charge >= 0.3 is 0 Å². The van der Waals surface area contributed by atoms with E-state index in [2.05, 4.69) is 16.0 Å². The average molecular weight is 242 g/mol. The van der Waals surface area contributed by atoms with Gasteiger partial charge in [0.05, 0.1) is 17.4 Å². The molecule has 2 aliphatic rings. The number of piperidine rings is 1. The maximum Gasteiger partial charge on any atom is 0.146 e. The van der Waals surface area contributed by atoms with E-state index in [0.717, 1.165) is 18.3 Å². The average Bonchev–Trinajstić information content (AvgIpc) is 2.86. The first kappa shape index (κ1) is 11.3. The molecule has 2 unspecified atom stereocenters. The number of nitriles is 1. The fourth-order valence-corrected chi connectivity index (χ4v) is 3.50. The van der Waals surface area contributed by atoms with Crippen molar-refractivity contribution in [1.29, 1.82) is 5.26 Å². The molecular weight excluding hydrogens is 224 g/mol. The molecule has 2 fully saturated rings.